The van der Waals surface area contributed by atoms with Crippen LogP contribution in [0.25, 0.3) is 10.9 Å². The van der Waals surface area contributed by atoms with Gasteiger partial charge in [0.05, 0.1) is 11.1 Å². The highest BCUT2D eigenvalue weighted by Gasteiger charge is 2.41. The Morgan fingerprint density at radius 2 is 1.65 bits per heavy atom. The number of imide groups is 1. The molecule has 0 spiro atoms. The van der Waals surface area contributed by atoms with Gasteiger partial charge in [-0.2, -0.15) is 0 Å². The van der Waals surface area contributed by atoms with Crippen molar-refractivity contribution in [3.8, 4) is 0 Å². The molecule has 6 heterocycles. The lowest BCUT2D eigenvalue weighted by Gasteiger charge is -2.39. The fourth-order valence-corrected chi connectivity index (χ4v) is 8.64. The molecule has 0 saturated carbocycles. The van der Waals surface area contributed by atoms with Gasteiger partial charge in [-0.1, -0.05) is 48.5 Å². The third-order valence-electron chi connectivity index (χ3n) is 11.9. The number of nitrogens with zero attached hydrogens (tertiary/aromatic N) is 6. The van der Waals surface area contributed by atoms with Crippen molar-refractivity contribution < 1.29 is 19.5 Å². The molecule has 3 aromatic carbocycles. The first kappa shape index (κ1) is 35.0. The van der Waals surface area contributed by atoms with E-state index in [2.05, 4.69) is 65.7 Å². The van der Waals surface area contributed by atoms with E-state index in [1.165, 1.54) is 16.8 Å². The zero-order chi connectivity index (χ0) is 37.5. The minimum atomic E-state index is -0.978. The van der Waals surface area contributed by atoms with Crippen LogP contribution in [0.2, 0.25) is 0 Å². The zero-order valence-corrected chi connectivity index (χ0v) is 30.7. The third kappa shape index (κ3) is 7.15. The second kappa shape index (κ2) is 14.5. The summed E-state index contributed by atoms with van der Waals surface area (Å²) in [4.78, 5) is 57.3. The van der Waals surface area contributed by atoms with Crippen molar-refractivity contribution in [2.45, 2.75) is 69.2 Å². The van der Waals surface area contributed by atoms with Crippen LogP contribution >= 0.6 is 0 Å². The van der Waals surface area contributed by atoms with Crippen molar-refractivity contribution >= 4 is 46.1 Å². The number of nitrogens with one attached hydrogen (secondary N) is 2. The molecule has 3 amide bonds. The van der Waals surface area contributed by atoms with Crippen LogP contribution in [0.15, 0.2) is 91.3 Å². The Morgan fingerprint density at radius 3 is 2.42 bits per heavy atom. The number of piperidine rings is 3. The normalized spacial score (nSPS) is 20.5. The van der Waals surface area contributed by atoms with Crippen molar-refractivity contribution in [3.63, 3.8) is 0 Å². The lowest BCUT2D eigenvalue weighted by molar-refractivity contribution is -0.136. The van der Waals surface area contributed by atoms with Gasteiger partial charge in [0, 0.05) is 74.7 Å². The van der Waals surface area contributed by atoms with Crippen molar-refractivity contribution in [1.29, 1.82) is 0 Å². The largest absolute Gasteiger partial charge is 0.385 e. The second-order valence-electron chi connectivity index (χ2n) is 15.4. The molecule has 2 aromatic heterocycles. The van der Waals surface area contributed by atoms with E-state index in [0.29, 0.717) is 43.2 Å². The highest BCUT2D eigenvalue weighted by Crippen LogP contribution is 2.37. The highest BCUT2D eigenvalue weighted by atomic mass is 16.3. The molecule has 55 heavy (non-hydrogen) atoms. The minimum absolute atomic E-state index is 0.199. The number of aliphatic hydroxyl groups is 1. The molecule has 3 fully saturated rings. The quantitative estimate of drug-likeness (QED) is 0.177. The Morgan fingerprint density at radius 1 is 0.855 bits per heavy atom. The van der Waals surface area contributed by atoms with Crippen molar-refractivity contribution in [3.05, 3.63) is 119 Å². The lowest BCUT2D eigenvalue weighted by Crippen LogP contribution is -2.52. The number of hydrogen-bond acceptors (Lipinski definition) is 10. The van der Waals surface area contributed by atoms with Crippen LogP contribution in [0.4, 0.5) is 17.5 Å². The average molecular weight is 737 g/mol. The van der Waals surface area contributed by atoms with E-state index < -0.39 is 17.6 Å². The number of carbonyl (C=O) groups excluding carboxylic acids is 3. The number of carbonyl (C=O) groups is 3. The fraction of sp³-hybridized carbons (Fsp3) is 0.349. The summed E-state index contributed by atoms with van der Waals surface area (Å²) in [5.41, 5.74) is 5.87. The first-order valence-electron chi connectivity index (χ1n) is 19.3. The van der Waals surface area contributed by atoms with Crippen LogP contribution < -0.4 is 15.5 Å². The van der Waals surface area contributed by atoms with E-state index in [4.69, 9.17) is 0 Å². The van der Waals surface area contributed by atoms with Gasteiger partial charge < -0.3 is 20.2 Å². The van der Waals surface area contributed by atoms with Gasteiger partial charge in [-0.25, -0.2) is 15.0 Å². The van der Waals surface area contributed by atoms with Gasteiger partial charge >= 0.3 is 0 Å². The molecule has 12 nitrogen and oxygen atoms in total. The smallest absolute Gasteiger partial charge is 0.255 e. The number of hydrogen-bond donors (Lipinski definition) is 3. The molecule has 3 N–H and O–H groups in total. The monoisotopic (exact) mass is 736 g/mol. The topological polar surface area (TPSA) is 144 Å². The van der Waals surface area contributed by atoms with Gasteiger partial charge in [-0.05, 0) is 90.6 Å². The van der Waals surface area contributed by atoms with Gasteiger partial charge in [0.25, 0.3) is 5.91 Å². The van der Waals surface area contributed by atoms with Crippen molar-refractivity contribution in [1.82, 2.24) is 30.1 Å². The predicted molar refractivity (Wildman–Crippen MR) is 209 cm³/mol. The summed E-state index contributed by atoms with van der Waals surface area (Å²) in [6.45, 7) is 4.62. The Labute approximate surface area is 319 Å². The number of fused-ring (bicyclic) bond motifs is 2. The molecular formula is C43H44N8O4. The minimum Gasteiger partial charge on any atom is -0.385 e. The maximum Gasteiger partial charge on any atom is 0.255 e. The molecule has 4 aliphatic heterocycles. The number of likely N-dealkylation sites (tertiary alicyclic amines) is 1. The summed E-state index contributed by atoms with van der Waals surface area (Å²) in [5, 5.41) is 18.3. The Hall–Kier alpha value is -5.72. The molecule has 9 rings (SSSR count). The Kier molecular flexibility index (Phi) is 9.23. The maximum absolute atomic E-state index is 13.1. The molecule has 5 aromatic rings. The van der Waals surface area contributed by atoms with Gasteiger partial charge in [-0.3, -0.25) is 24.6 Å². The second-order valence-corrected chi connectivity index (χ2v) is 15.4. The summed E-state index contributed by atoms with van der Waals surface area (Å²) in [7, 11) is 0. The van der Waals surface area contributed by atoms with Gasteiger partial charge in [0.2, 0.25) is 17.8 Å². The number of pyridine rings is 1. The molecule has 0 aliphatic carbocycles. The van der Waals surface area contributed by atoms with Crippen LogP contribution in [0, 0.1) is 0 Å². The maximum atomic E-state index is 13.1. The molecule has 0 bridgehead atoms. The summed E-state index contributed by atoms with van der Waals surface area (Å²) < 4.78 is 0. The number of aromatic nitrogens is 3. The van der Waals surface area contributed by atoms with E-state index in [1.54, 1.807) is 11.0 Å². The van der Waals surface area contributed by atoms with E-state index in [1.807, 2.05) is 54.9 Å². The van der Waals surface area contributed by atoms with Crippen molar-refractivity contribution in [2.75, 3.05) is 36.4 Å². The first-order chi connectivity index (χ1) is 26.8. The van der Waals surface area contributed by atoms with E-state index in [9.17, 15) is 19.5 Å². The number of anilines is 3. The van der Waals surface area contributed by atoms with E-state index >= 15 is 0 Å². The van der Waals surface area contributed by atoms with Gasteiger partial charge in [0.1, 0.15) is 11.9 Å². The number of benzene rings is 3. The average Bonchev–Trinajstić information content (AvgIpc) is 3.54. The van der Waals surface area contributed by atoms with E-state index in [-0.39, 0.29) is 18.2 Å². The van der Waals surface area contributed by atoms with Crippen LogP contribution in [0.3, 0.4) is 0 Å². The molecule has 1 unspecified atom stereocenters. The summed E-state index contributed by atoms with van der Waals surface area (Å²) in [5.74, 6) is 0.824. The zero-order valence-electron chi connectivity index (χ0n) is 30.7. The predicted octanol–water partition coefficient (Wildman–Crippen LogP) is 5.40. The number of amides is 3. The molecule has 4 aliphatic rings. The van der Waals surface area contributed by atoms with E-state index in [0.717, 1.165) is 73.4 Å². The molecule has 12 heteroatoms. The van der Waals surface area contributed by atoms with Crippen LogP contribution in [0.5, 0.6) is 0 Å². The van der Waals surface area contributed by atoms with Crippen molar-refractivity contribution in [2.24, 2.45) is 0 Å². The Balaban J connectivity index is 0.747. The van der Waals surface area contributed by atoms with Gasteiger partial charge in [-0.15, -0.1) is 0 Å². The Bertz CT molecular complexity index is 2250. The molecule has 280 valence electrons. The van der Waals surface area contributed by atoms with Crippen LogP contribution in [-0.4, -0.2) is 79.8 Å². The molecule has 0 radical (unpaired) electrons. The molecular weight excluding hydrogens is 693 g/mol. The first-order valence-corrected chi connectivity index (χ1v) is 19.3. The number of rotatable bonds is 8. The number of para-hydroxylation sites is 1. The third-order valence-corrected chi connectivity index (χ3v) is 11.9. The fourth-order valence-electron chi connectivity index (χ4n) is 8.64. The molecule has 1 atom stereocenters. The highest BCUT2D eigenvalue weighted by molar-refractivity contribution is 6.05. The summed E-state index contributed by atoms with van der Waals surface area (Å²) in [6, 6.07) is 25.9. The standard InChI is InChI=1S/C43H44N8O4/c52-39-14-12-37(40(53)48-39)51-27-32-23-33(8-11-35(32)41(51)54)43(55)17-21-49(22-18-43)26-28-5-9-34(10-6-28)50-19-15-29(16-20-50)30-7-13-38(44-24-30)47-42-45-25-31-3-1-2-4-36(31)46-42/h1-11,13,23-25,29,37,55H,12,14-22,26-27H2,(H,48,52,53)(H,44,45,46,47). The lowest BCUT2D eigenvalue weighted by atomic mass is 9.83. The summed E-state index contributed by atoms with van der Waals surface area (Å²) >= 11 is 0. The van der Waals surface area contributed by atoms with Crippen LogP contribution in [0.1, 0.15) is 77.1 Å². The SMILES string of the molecule is O=C1CCC(N2Cc3cc(C4(O)CCN(Cc5ccc(N6CCC(c7ccc(Nc8ncc9ccccc9n8)nc7)CC6)cc5)CC4)ccc3C2=O)C(=O)N1. The molecule has 3 saturated heterocycles. The van der Waals surface area contributed by atoms with Gasteiger partial charge in [0.15, 0.2) is 0 Å². The summed E-state index contributed by atoms with van der Waals surface area (Å²) in [6.07, 6.45) is 7.68. The van der Waals surface area contributed by atoms with Crippen LogP contribution in [-0.2, 0) is 28.3 Å².